The fourth-order valence-electron chi connectivity index (χ4n) is 3.08. The maximum absolute atomic E-state index is 12.8. The number of thioether (sulfide) groups is 1. The molecule has 2 aliphatic heterocycles. The van der Waals surface area contributed by atoms with Crippen LogP contribution in [0.3, 0.4) is 0 Å². The first-order valence-corrected chi connectivity index (χ1v) is 9.61. The van der Waals surface area contributed by atoms with E-state index in [2.05, 4.69) is 5.32 Å². The Kier molecular flexibility index (Phi) is 5.11. The Morgan fingerprint density at radius 2 is 2.23 bits per heavy atom. The molecule has 26 heavy (non-hydrogen) atoms. The number of β-lactam (4-membered cyclic amide) rings is 1. The fraction of sp³-hybridized carbons (Fsp3) is 0.438. The zero-order valence-electron chi connectivity index (χ0n) is 14.0. The second-order valence-electron chi connectivity index (χ2n) is 5.98. The summed E-state index contributed by atoms with van der Waals surface area (Å²) in [6.45, 7) is 1.44. The van der Waals surface area contributed by atoms with Crippen LogP contribution in [0.2, 0.25) is 0 Å². The Morgan fingerprint density at radius 3 is 2.77 bits per heavy atom. The van der Waals surface area contributed by atoms with Crippen LogP contribution in [0.5, 0.6) is 0 Å². The summed E-state index contributed by atoms with van der Waals surface area (Å²) in [5.41, 5.74) is -1.39. The van der Waals surface area contributed by atoms with E-state index < -0.39 is 35.1 Å². The molecule has 3 rings (SSSR count). The van der Waals surface area contributed by atoms with Crippen LogP contribution in [-0.4, -0.2) is 63.3 Å². The highest BCUT2D eigenvalue weighted by molar-refractivity contribution is 8.03. The lowest BCUT2D eigenvalue weighted by molar-refractivity contribution is -0.202. The summed E-state index contributed by atoms with van der Waals surface area (Å²) in [5, 5.41) is 24.6. The lowest BCUT2D eigenvalue weighted by Gasteiger charge is -2.57. The molecule has 8 nitrogen and oxygen atoms in total. The molecule has 1 saturated heterocycles. The van der Waals surface area contributed by atoms with Crippen LogP contribution in [-0.2, 0) is 25.5 Å². The Bertz CT molecular complexity index is 763. The molecule has 0 radical (unpaired) electrons. The van der Waals surface area contributed by atoms with Gasteiger partial charge in [-0.1, -0.05) is 6.07 Å². The van der Waals surface area contributed by atoms with Crippen molar-refractivity contribution in [3.05, 3.63) is 33.4 Å². The van der Waals surface area contributed by atoms with Crippen molar-refractivity contribution < 1.29 is 29.3 Å². The number of aliphatic carboxylic acids is 1. The van der Waals surface area contributed by atoms with Gasteiger partial charge in [-0.05, 0) is 29.4 Å². The topological polar surface area (TPSA) is 116 Å². The number of amides is 2. The molecule has 4 atom stereocenters. The van der Waals surface area contributed by atoms with Gasteiger partial charge in [-0.15, -0.1) is 23.1 Å². The SMILES string of the molecule is COC1(NC(=O)Cc2cccs2)C(=O)N2C(C(=O)O)C(C(C)O)=CS[C@H]21. The third-order valence-electron chi connectivity index (χ3n) is 4.36. The molecule has 0 bridgehead atoms. The van der Waals surface area contributed by atoms with Gasteiger partial charge in [0.05, 0.1) is 12.5 Å². The van der Waals surface area contributed by atoms with Gasteiger partial charge in [0.25, 0.3) is 11.6 Å². The average Bonchev–Trinajstić information content (AvgIpc) is 3.10. The highest BCUT2D eigenvalue weighted by Gasteiger charge is 2.67. The van der Waals surface area contributed by atoms with Crippen LogP contribution in [0, 0.1) is 0 Å². The first-order chi connectivity index (χ1) is 12.3. The molecule has 0 aromatic carbocycles. The van der Waals surface area contributed by atoms with E-state index in [9.17, 15) is 24.6 Å². The molecule has 10 heteroatoms. The van der Waals surface area contributed by atoms with E-state index in [1.165, 1.54) is 30.8 Å². The van der Waals surface area contributed by atoms with Crippen molar-refractivity contribution >= 4 is 40.9 Å². The second-order valence-corrected chi connectivity index (χ2v) is 7.97. The van der Waals surface area contributed by atoms with E-state index >= 15 is 0 Å². The number of carboxylic acid groups (broad SMARTS) is 1. The van der Waals surface area contributed by atoms with E-state index in [1.807, 2.05) is 17.5 Å². The molecule has 3 unspecified atom stereocenters. The van der Waals surface area contributed by atoms with Crippen LogP contribution in [0.15, 0.2) is 28.5 Å². The number of carboxylic acids is 1. The third kappa shape index (κ3) is 2.92. The van der Waals surface area contributed by atoms with E-state index in [1.54, 1.807) is 0 Å². The number of aliphatic hydroxyl groups excluding tert-OH is 1. The van der Waals surface area contributed by atoms with Gasteiger partial charge in [0, 0.05) is 12.0 Å². The van der Waals surface area contributed by atoms with Crippen molar-refractivity contribution in [2.45, 2.75) is 36.6 Å². The summed E-state index contributed by atoms with van der Waals surface area (Å²) in [6, 6.07) is 2.35. The normalized spacial score (nSPS) is 28.7. The van der Waals surface area contributed by atoms with Crippen molar-refractivity contribution in [2.24, 2.45) is 0 Å². The van der Waals surface area contributed by atoms with Crippen LogP contribution in [0.1, 0.15) is 11.8 Å². The second kappa shape index (κ2) is 7.03. The van der Waals surface area contributed by atoms with E-state index in [4.69, 9.17) is 4.74 Å². The monoisotopic (exact) mass is 398 g/mol. The van der Waals surface area contributed by atoms with Gasteiger partial charge in [0.15, 0.2) is 6.04 Å². The Balaban J connectivity index is 1.83. The Labute approximate surface area is 157 Å². The quantitative estimate of drug-likeness (QED) is 0.469. The van der Waals surface area contributed by atoms with Gasteiger partial charge < -0.3 is 25.2 Å². The lowest BCUT2D eigenvalue weighted by Crippen LogP contribution is -2.83. The van der Waals surface area contributed by atoms with Crippen molar-refractivity contribution in [1.29, 1.82) is 0 Å². The van der Waals surface area contributed by atoms with Crippen LogP contribution >= 0.6 is 23.1 Å². The molecule has 140 valence electrons. The number of methoxy groups -OCH3 is 1. The minimum Gasteiger partial charge on any atom is -0.479 e. The van der Waals surface area contributed by atoms with Gasteiger partial charge in [-0.25, -0.2) is 4.79 Å². The predicted molar refractivity (Wildman–Crippen MR) is 95.3 cm³/mol. The van der Waals surface area contributed by atoms with E-state index in [0.717, 1.165) is 21.5 Å². The third-order valence-corrected chi connectivity index (χ3v) is 6.46. The molecule has 3 N–H and O–H groups in total. The van der Waals surface area contributed by atoms with Crippen molar-refractivity contribution in [3.8, 4) is 0 Å². The summed E-state index contributed by atoms with van der Waals surface area (Å²) in [4.78, 5) is 38.7. The van der Waals surface area contributed by atoms with Gasteiger partial charge in [0.1, 0.15) is 5.37 Å². The minimum absolute atomic E-state index is 0.102. The minimum atomic E-state index is -1.62. The summed E-state index contributed by atoms with van der Waals surface area (Å²) in [5.74, 6) is -2.28. The number of carbonyl (C=O) groups is 3. The van der Waals surface area contributed by atoms with Crippen molar-refractivity contribution in [1.82, 2.24) is 10.2 Å². The first-order valence-electron chi connectivity index (χ1n) is 7.79. The number of thiophene rings is 1. The molecule has 1 aromatic heterocycles. The molecular weight excluding hydrogens is 380 g/mol. The average molecular weight is 398 g/mol. The van der Waals surface area contributed by atoms with E-state index in [-0.39, 0.29) is 17.9 Å². The number of aliphatic hydroxyl groups is 1. The molecule has 2 aliphatic rings. The highest BCUT2D eigenvalue weighted by atomic mass is 32.2. The van der Waals surface area contributed by atoms with Crippen LogP contribution in [0.4, 0.5) is 0 Å². The Hall–Kier alpha value is -1.88. The maximum Gasteiger partial charge on any atom is 0.330 e. The number of nitrogens with one attached hydrogen (secondary N) is 1. The first kappa shape index (κ1) is 18.9. The van der Waals surface area contributed by atoms with E-state index in [0.29, 0.717) is 0 Å². The summed E-state index contributed by atoms with van der Waals surface area (Å²) >= 11 is 2.56. The molecule has 1 fully saturated rings. The standard InChI is InChI=1S/C16H18N2O6S2/c1-8(19)10-7-26-15-16(24-2,14(23)18(15)12(10)13(21)22)17-11(20)6-9-4-3-5-25-9/h3-5,7-8,12,15,19H,6H2,1-2H3,(H,17,20)(H,21,22)/t8?,12?,15-,16?/m0/s1. The molecule has 0 saturated carbocycles. The van der Waals surface area contributed by atoms with Crippen LogP contribution in [0.25, 0.3) is 0 Å². The molecule has 3 heterocycles. The number of hydrogen-bond acceptors (Lipinski definition) is 7. The predicted octanol–water partition coefficient (Wildman–Crippen LogP) is 0.382. The zero-order valence-corrected chi connectivity index (χ0v) is 15.7. The molecular formula is C16H18N2O6S2. The lowest BCUT2D eigenvalue weighted by atomic mass is 9.92. The molecule has 0 spiro atoms. The summed E-state index contributed by atoms with van der Waals surface area (Å²) in [6.07, 6.45) is -0.909. The number of ether oxygens (including phenoxy) is 1. The highest BCUT2D eigenvalue weighted by Crippen LogP contribution is 2.46. The molecule has 0 aliphatic carbocycles. The number of hydrogen-bond donors (Lipinski definition) is 3. The van der Waals surface area contributed by atoms with Crippen LogP contribution < -0.4 is 5.32 Å². The maximum atomic E-state index is 12.8. The smallest absolute Gasteiger partial charge is 0.330 e. The summed E-state index contributed by atoms with van der Waals surface area (Å²) < 4.78 is 5.34. The largest absolute Gasteiger partial charge is 0.479 e. The molecule has 1 aromatic rings. The van der Waals surface area contributed by atoms with Crippen molar-refractivity contribution in [3.63, 3.8) is 0 Å². The number of fused-ring (bicyclic) bond motifs is 1. The Morgan fingerprint density at radius 1 is 1.50 bits per heavy atom. The zero-order chi connectivity index (χ0) is 19.1. The summed E-state index contributed by atoms with van der Waals surface area (Å²) in [7, 11) is 1.30. The van der Waals surface area contributed by atoms with Gasteiger partial charge >= 0.3 is 5.97 Å². The van der Waals surface area contributed by atoms with Gasteiger partial charge in [0.2, 0.25) is 5.91 Å². The van der Waals surface area contributed by atoms with Gasteiger partial charge in [-0.3, -0.25) is 9.59 Å². The number of carbonyl (C=O) groups excluding carboxylic acids is 2. The number of rotatable bonds is 6. The van der Waals surface area contributed by atoms with Crippen molar-refractivity contribution in [2.75, 3.05) is 7.11 Å². The number of nitrogens with zero attached hydrogens (tertiary/aromatic N) is 1. The fourth-order valence-corrected chi connectivity index (χ4v) is 5.19. The van der Waals surface area contributed by atoms with Gasteiger partial charge in [-0.2, -0.15) is 0 Å². The molecule has 2 amide bonds.